The lowest BCUT2D eigenvalue weighted by molar-refractivity contribution is -0.115. The van der Waals surface area contributed by atoms with Crippen LogP contribution in [0.25, 0.3) is 0 Å². The summed E-state index contributed by atoms with van der Waals surface area (Å²) in [6.45, 7) is 8.36. The molecule has 0 bridgehead atoms. The van der Waals surface area contributed by atoms with E-state index >= 15 is 0 Å². The highest BCUT2D eigenvalue weighted by Crippen LogP contribution is 2.42. The number of hydrogen-bond acceptors (Lipinski definition) is 5. The van der Waals surface area contributed by atoms with Gasteiger partial charge in [0.05, 0.1) is 5.25 Å². The number of hydrogen-bond donors (Lipinski definition) is 1. The fraction of sp³-hybridized carbons (Fsp3) is 0.571. The summed E-state index contributed by atoms with van der Waals surface area (Å²) in [7, 11) is 0. The summed E-state index contributed by atoms with van der Waals surface area (Å²) in [6.07, 6.45) is 4.75. The normalized spacial score (nSPS) is 18.9. The second kappa shape index (κ2) is 8.15. The molecular weight excluding hydrogens is 370 g/mol. The molecule has 1 aliphatic carbocycles. The van der Waals surface area contributed by atoms with Crippen LogP contribution < -0.4 is 10.2 Å². The second-order valence-corrected chi connectivity index (χ2v) is 9.48. The number of rotatable bonds is 6. The fourth-order valence-electron chi connectivity index (χ4n) is 3.60. The van der Waals surface area contributed by atoms with Gasteiger partial charge in [0.15, 0.2) is 5.16 Å². The summed E-state index contributed by atoms with van der Waals surface area (Å²) in [5, 5.41) is 12.6. The number of nitrogens with one attached hydrogen (secondary N) is 1. The topological polar surface area (TPSA) is 63.1 Å². The third kappa shape index (κ3) is 4.35. The third-order valence-corrected chi connectivity index (χ3v) is 6.62. The van der Waals surface area contributed by atoms with E-state index in [0.29, 0.717) is 6.04 Å². The molecule has 1 aromatic heterocycles. The number of carbonyl (C=O) groups excluding carboxylic acids is 1. The van der Waals surface area contributed by atoms with Gasteiger partial charge in [-0.15, -0.1) is 10.2 Å². The molecule has 2 aromatic rings. The number of thioether (sulfide) groups is 1. The zero-order valence-corrected chi connectivity index (χ0v) is 17.7. The van der Waals surface area contributed by atoms with Crippen LogP contribution in [0.5, 0.6) is 0 Å². The Hall–Kier alpha value is -2.02. The van der Waals surface area contributed by atoms with Crippen molar-refractivity contribution in [3.8, 4) is 0 Å². The quantitative estimate of drug-likeness (QED) is 0.735. The van der Waals surface area contributed by atoms with Crippen LogP contribution in [0.3, 0.4) is 0 Å². The lowest BCUT2D eigenvalue weighted by Gasteiger charge is -2.31. The molecule has 2 heterocycles. The highest BCUT2D eigenvalue weighted by Gasteiger charge is 2.33. The number of anilines is 2. The Morgan fingerprint density at radius 3 is 2.64 bits per heavy atom. The first-order valence-corrected chi connectivity index (χ1v) is 11.1. The van der Waals surface area contributed by atoms with Gasteiger partial charge in [-0.05, 0) is 63.1 Å². The van der Waals surface area contributed by atoms with E-state index in [0.717, 1.165) is 41.4 Å². The van der Waals surface area contributed by atoms with Crippen LogP contribution in [-0.4, -0.2) is 39.0 Å². The average molecular weight is 400 g/mol. The van der Waals surface area contributed by atoms with E-state index in [4.69, 9.17) is 0 Å². The predicted molar refractivity (Wildman–Crippen MR) is 114 cm³/mol. The lowest BCUT2D eigenvalue weighted by Crippen LogP contribution is -2.34. The molecule has 1 N–H and O–H groups in total. The van der Waals surface area contributed by atoms with Crippen LogP contribution in [0.1, 0.15) is 51.1 Å². The van der Waals surface area contributed by atoms with E-state index in [9.17, 15) is 4.79 Å². The molecule has 2 aliphatic rings. The van der Waals surface area contributed by atoms with Gasteiger partial charge in [-0.1, -0.05) is 30.8 Å². The summed E-state index contributed by atoms with van der Waals surface area (Å²) in [4.78, 5) is 15.0. The van der Waals surface area contributed by atoms with Crippen molar-refractivity contribution in [1.29, 1.82) is 0 Å². The smallest absolute Gasteiger partial charge is 0.237 e. The summed E-state index contributed by atoms with van der Waals surface area (Å²) in [5.41, 5.74) is 1.97. The second-order valence-electron chi connectivity index (χ2n) is 8.17. The van der Waals surface area contributed by atoms with Crippen molar-refractivity contribution in [3.05, 3.63) is 29.8 Å². The number of aromatic nitrogens is 3. The number of benzene rings is 1. The Balaban J connectivity index is 1.46. The maximum atomic E-state index is 12.7. The molecular formula is C21H29N5OS. The third-order valence-electron chi connectivity index (χ3n) is 5.56. The Kier molecular flexibility index (Phi) is 5.62. The van der Waals surface area contributed by atoms with Crippen molar-refractivity contribution in [1.82, 2.24) is 14.8 Å². The van der Waals surface area contributed by atoms with Gasteiger partial charge in [0.2, 0.25) is 11.9 Å². The minimum absolute atomic E-state index is 0.00528. The van der Waals surface area contributed by atoms with E-state index in [2.05, 4.69) is 31.9 Å². The minimum Gasteiger partial charge on any atom is -0.341 e. The van der Waals surface area contributed by atoms with Gasteiger partial charge in [-0.2, -0.15) is 0 Å². The molecule has 4 rings (SSSR count). The molecule has 1 saturated carbocycles. The van der Waals surface area contributed by atoms with Crippen molar-refractivity contribution in [2.45, 2.75) is 62.9 Å². The fourth-order valence-corrected chi connectivity index (χ4v) is 4.52. The highest BCUT2D eigenvalue weighted by molar-refractivity contribution is 8.00. The van der Waals surface area contributed by atoms with Crippen molar-refractivity contribution in [2.75, 3.05) is 23.3 Å². The monoisotopic (exact) mass is 399 g/mol. The Bertz CT molecular complexity index is 839. The first-order chi connectivity index (χ1) is 13.5. The average Bonchev–Trinajstić information content (AvgIpc) is 3.43. The number of nitrogens with zero attached hydrogens (tertiary/aromatic N) is 4. The standard InChI is InChI=1S/C21H29N5OS/c1-14-9-11-25(12-10-14)20-23-24-21(26(20)18-7-8-18)28-16(3)19(27)22-17-6-4-5-15(2)13-17/h4-6,13-14,16,18H,7-12H2,1-3H3,(H,22,27). The van der Waals surface area contributed by atoms with E-state index in [1.165, 1.54) is 37.4 Å². The number of piperidine rings is 1. The Labute approximate surface area is 171 Å². The molecule has 7 heteroatoms. The van der Waals surface area contributed by atoms with Crippen LogP contribution >= 0.6 is 11.8 Å². The molecule has 6 nitrogen and oxygen atoms in total. The lowest BCUT2D eigenvalue weighted by atomic mass is 10.00. The molecule has 1 saturated heterocycles. The van der Waals surface area contributed by atoms with E-state index in [1.54, 1.807) is 0 Å². The minimum atomic E-state index is -0.239. The van der Waals surface area contributed by atoms with Crippen molar-refractivity contribution >= 4 is 29.3 Å². The van der Waals surface area contributed by atoms with Gasteiger partial charge in [0.1, 0.15) is 0 Å². The molecule has 1 aliphatic heterocycles. The summed E-state index contributed by atoms with van der Waals surface area (Å²) in [6, 6.07) is 8.37. The highest BCUT2D eigenvalue weighted by atomic mass is 32.2. The van der Waals surface area contributed by atoms with Gasteiger partial charge in [-0.25, -0.2) is 0 Å². The van der Waals surface area contributed by atoms with E-state index in [1.807, 2.05) is 38.1 Å². The molecule has 28 heavy (non-hydrogen) atoms. The number of amides is 1. The summed E-state index contributed by atoms with van der Waals surface area (Å²) < 4.78 is 2.27. The van der Waals surface area contributed by atoms with Crippen molar-refractivity contribution < 1.29 is 4.79 Å². The van der Waals surface area contributed by atoms with E-state index < -0.39 is 0 Å². The molecule has 1 unspecified atom stereocenters. The Morgan fingerprint density at radius 2 is 1.96 bits per heavy atom. The summed E-state index contributed by atoms with van der Waals surface area (Å²) in [5.74, 6) is 1.77. The maximum Gasteiger partial charge on any atom is 0.237 e. The van der Waals surface area contributed by atoms with Gasteiger partial charge < -0.3 is 10.2 Å². The van der Waals surface area contributed by atoms with Crippen molar-refractivity contribution in [3.63, 3.8) is 0 Å². The molecule has 2 fully saturated rings. The SMILES string of the molecule is Cc1cccc(NC(=O)C(C)Sc2nnc(N3CCC(C)CC3)n2C2CC2)c1. The molecule has 1 amide bonds. The zero-order chi connectivity index (χ0) is 19.7. The molecule has 0 radical (unpaired) electrons. The van der Waals surface area contributed by atoms with Gasteiger partial charge in [-0.3, -0.25) is 9.36 Å². The maximum absolute atomic E-state index is 12.7. The van der Waals surface area contributed by atoms with Crippen LogP contribution in [0.2, 0.25) is 0 Å². The van der Waals surface area contributed by atoms with Crippen LogP contribution in [0.4, 0.5) is 11.6 Å². The molecule has 150 valence electrons. The van der Waals surface area contributed by atoms with E-state index in [-0.39, 0.29) is 11.2 Å². The van der Waals surface area contributed by atoms with Crippen LogP contribution in [0.15, 0.2) is 29.4 Å². The number of carbonyl (C=O) groups is 1. The first kappa shape index (κ1) is 19.3. The molecule has 1 aromatic carbocycles. The predicted octanol–water partition coefficient (Wildman–Crippen LogP) is 4.28. The largest absolute Gasteiger partial charge is 0.341 e. The van der Waals surface area contributed by atoms with Gasteiger partial charge in [0.25, 0.3) is 0 Å². The van der Waals surface area contributed by atoms with Crippen molar-refractivity contribution in [2.24, 2.45) is 5.92 Å². The first-order valence-electron chi connectivity index (χ1n) is 10.3. The van der Waals surface area contributed by atoms with Gasteiger partial charge in [0, 0.05) is 24.8 Å². The molecule has 0 spiro atoms. The van der Waals surface area contributed by atoms with Gasteiger partial charge >= 0.3 is 0 Å². The Morgan fingerprint density at radius 1 is 1.21 bits per heavy atom. The summed E-state index contributed by atoms with van der Waals surface area (Å²) >= 11 is 1.51. The number of aryl methyl sites for hydroxylation is 1. The zero-order valence-electron chi connectivity index (χ0n) is 16.9. The molecule has 1 atom stereocenters. The van der Waals surface area contributed by atoms with Crippen LogP contribution in [0, 0.1) is 12.8 Å². The van der Waals surface area contributed by atoms with Crippen LogP contribution in [-0.2, 0) is 4.79 Å².